The average Bonchev–Trinajstić information content (AvgIpc) is 3.31. The lowest BCUT2D eigenvalue weighted by Gasteiger charge is -2.04. The zero-order valence-electron chi connectivity index (χ0n) is 44.8. The van der Waals surface area contributed by atoms with Gasteiger partial charge in [0.15, 0.2) is 0 Å². The number of ether oxygens (including phenoxy) is 11. The lowest BCUT2D eigenvalue weighted by atomic mass is 10.1. The van der Waals surface area contributed by atoms with Gasteiger partial charge in [-0.15, -0.1) is 0 Å². The summed E-state index contributed by atoms with van der Waals surface area (Å²) < 4.78 is 55.2. The van der Waals surface area contributed by atoms with E-state index in [-0.39, 0.29) is 12.2 Å². The summed E-state index contributed by atoms with van der Waals surface area (Å²) in [6.07, 6.45) is 12.0. The molecule has 0 aliphatic rings. The van der Waals surface area contributed by atoms with Crippen LogP contribution in [0.25, 0.3) is 0 Å². The van der Waals surface area contributed by atoms with Crippen molar-refractivity contribution in [3.05, 3.63) is 0 Å². The van der Waals surface area contributed by atoms with Crippen LogP contribution in [0.15, 0.2) is 0 Å². The molecule has 0 aromatic carbocycles. The predicted octanol–water partition coefficient (Wildman–Crippen LogP) is 11.6. The first-order valence-electron chi connectivity index (χ1n) is 25.1. The van der Waals surface area contributed by atoms with E-state index in [0.29, 0.717) is 72.9 Å². The number of nitrogens with one attached hydrogen (secondary N) is 2. The van der Waals surface area contributed by atoms with Gasteiger partial charge in [0, 0.05) is 85.8 Å². The van der Waals surface area contributed by atoms with Gasteiger partial charge >= 0.3 is 12.2 Å². The van der Waals surface area contributed by atoms with E-state index < -0.39 is 0 Å². The van der Waals surface area contributed by atoms with Gasteiger partial charge in [-0.25, -0.2) is 9.59 Å². The molecule has 0 aromatic rings. The van der Waals surface area contributed by atoms with Crippen LogP contribution in [0.2, 0.25) is 0 Å². The Morgan fingerprint density at radius 2 is 0.672 bits per heavy atom. The Kier molecular flexibility index (Phi) is 101. The first kappa shape index (κ1) is 76.4. The maximum atomic E-state index is 10.6. The monoisotopic (exact) mass is 935 g/mol. The fourth-order valence-electron chi connectivity index (χ4n) is 3.52. The molecule has 2 amide bonds. The second-order valence-corrected chi connectivity index (χ2v) is 13.5. The topological polar surface area (TPSA) is 160 Å². The SMILES string of the molecule is CCC(C)CC.CCCCCOCOCC.CCCOC(=O)NCC.CCCOCC.CCCOCCCCOCC.CCCOCCOCOCC.CCNC(=O)OCCOCC. The molecule has 15 nitrogen and oxygen atoms in total. The van der Waals surface area contributed by atoms with Gasteiger partial charge < -0.3 is 62.7 Å². The molecule has 0 bridgehead atoms. The van der Waals surface area contributed by atoms with E-state index in [4.69, 9.17) is 47.4 Å². The molecule has 64 heavy (non-hydrogen) atoms. The molecule has 2 N–H and O–H groups in total. The van der Waals surface area contributed by atoms with Crippen LogP contribution < -0.4 is 10.6 Å². The van der Waals surface area contributed by atoms with Gasteiger partial charge in [0.05, 0.1) is 26.4 Å². The van der Waals surface area contributed by atoms with Crippen molar-refractivity contribution in [3.8, 4) is 0 Å². The number of alkyl carbamates (subject to hydrolysis) is 2. The van der Waals surface area contributed by atoms with Crippen LogP contribution in [0, 0.1) is 5.92 Å². The van der Waals surface area contributed by atoms with Crippen LogP contribution >= 0.6 is 0 Å². The van der Waals surface area contributed by atoms with E-state index in [1.165, 1.54) is 25.7 Å². The van der Waals surface area contributed by atoms with E-state index in [9.17, 15) is 9.59 Å². The Hall–Kier alpha value is -1.82. The summed E-state index contributed by atoms with van der Waals surface area (Å²) in [6, 6.07) is 0. The molecule has 0 radical (unpaired) electrons. The maximum absolute atomic E-state index is 10.6. The highest BCUT2D eigenvalue weighted by molar-refractivity contribution is 5.67. The van der Waals surface area contributed by atoms with Crippen molar-refractivity contribution in [2.24, 2.45) is 5.92 Å². The molecule has 0 spiro atoms. The van der Waals surface area contributed by atoms with Crippen molar-refractivity contribution in [2.45, 2.75) is 174 Å². The van der Waals surface area contributed by atoms with Crippen molar-refractivity contribution < 1.29 is 61.7 Å². The molecule has 0 aromatic heterocycles. The summed E-state index contributed by atoms with van der Waals surface area (Å²) in [7, 11) is 0. The standard InChI is InChI=1S/C9H20O2.C8H18O3.C8H18O2.C7H15NO3.C6H13NO2.C6H14.C5H12O/c1-3-7-11-9-6-5-8-10-4-2;1-3-5-10-6-7-11-8-9-4-2;1-3-5-6-7-10-8-9-4-2;1-3-8-7(9)11-6-5-10-4-2;1-3-5-9-6(8)7-4-2;1-4-6(3)5-2;1-3-5-6-4-2/h3-9H2,1-2H3;3-8H2,1-2H3;3-8H2,1-2H3;3-6H2,1-2H3,(H,8,9);3-5H2,1-2H3,(H,7,8);6H,4-5H2,1-3H3;3-5H2,1-2H3. The van der Waals surface area contributed by atoms with E-state index in [2.05, 4.69) is 63.8 Å². The largest absolute Gasteiger partial charge is 0.450 e. The second-order valence-electron chi connectivity index (χ2n) is 13.5. The highest BCUT2D eigenvalue weighted by atomic mass is 16.7. The van der Waals surface area contributed by atoms with E-state index in [1.54, 1.807) is 0 Å². The Balaban J connectivity index is -0.000000120. The van der Waals surface area contributed by atoms with Gasteiger partial charge in [-0.3, -0.25) is 0 Å². The summed E-state index contributed by atoms with van der Waals surface area (Å²) in [5.41, 5.74) is 0. The van der Waals surface area contributed by atoms with Crippen LogP contribution in [0.4, 0.5) is 9.59 Å². The summed E-state index contributed by atoms with van der Waals surface area (Å²) in [5, 5.41) is 5.02. The smallest absolute Gasteiger partial charge is 0.407 e. The average molecular weight is 935 g/mol. The van der Waals surface area contributed by atoms with Crippen LogP contribution in [-0.2, 0) is 52.1 Å². The van der Waals surface area contributed by atoms with Crippen molar-refractivity contribution in [2.75, 3.05) is 132 Å². The highest BCUT2D eigenvalue weighted by Crippen LogP contribution is 2.03. The molecule has 0 atom stereocenters. The number of carbonyl (C=O) groups is 2. The van der Waals surface area contributed by atoms with E-state index in [0.717, 1.165) is 110 Å². The quantitative estimate of drug-likeness (QED) is 0.0452. The molecule has 0 saturated heterocycles. The summed E-state index contributed by atoms with van der Waals surface area (Å²) >= 11 is 0. The Labute approximate surface area is 396 Å². The lowest BCUT2D eigenvalue weighted by Crippen LogP contribution is -2.25. The molecule has 0 unspecified atom stereocenters. The third-order valence-electron chi connectivity index (χ3n) is 7.43. The fraction of sp³-hybridized carbons (Fsp3) is 0.959. The maximum Gasteiger partial charge on any atom is 0.407 e. The van der Waals surface area contributed by atoms with Crippen molar-refractivity contribution in [3.63, 3.8) is 0 Å². The number of unbranched alkanes of at least 4 members (excludes halogenated alkanes) is 3. The van der Waals surface area contributed by atoms with Gasteiger partial charge in [0.2, 0.25) is 0 Å². The predicted molar refractivity (Wildman–Crippen MR) is 266 cm³/mol. The number of hydrogen-bond acceptors (Lipinski definition) is 13. The Bertz CT molecular complexity index is 695. The van der Waals surface area contributed by atoms with Crippen LogP contribution in [-0.4, -0.2) is 145 Å². The van der Waals surface area contributed by atoms with Crippen LogP contribution in [0.3, 0.4) is 0 Å². The van der Waals surface area contributed by atoms with E-state index >= 15 is 0 Å². The van der Waals surface area contributed by atoms with Crippen LogP contribution in [0.5, 0.6) is 0 Å². The minimum Gasteiger partial charge on any atom is -0.450 e. The molecule has 0 rings (SSSR count). The first-order valence-corrected chi connectivity index (χ1v) is 25.1. The van der Waals surface area contributed by atoms with Gasteiger partial charge in [0.1, 0.15) is 20.2 Å². The zero-order valence-corrected chi connectivity index (χ0v) is 44.8. The number of carbonyl (C=O) groups excluding carboxylic acids is 2. The minimum absolute atomic E-state index is 0.319. The molecule has 0 aliphatic carbocycles. The lowest BCUT2D eigenvalue weighted by molar-refractivity contribution is -0.0656. The molecule has 15 heteroatoms. The normalized spacial score (nSPS) is 9.75. The van der Waals surface area contributed by atoms with Crippen molar-refractivity contribution >= 4 is 12.2 Å². The fourth-order valence-corrected chi connectivity index (χ4v) is 3.52. The third kappa shape index (κ3) is 108. The highest BCUT2D eigenvalue weighted by Gasteiger charge is 1.97. The number of hydrogen-bond donors (Lipinski definition) is 2. The molecule has 0 fully saturated rings. The first-order chi connectivity index (χ1) is 31.1. The molecular weight excluding hydrogens is 825 g/mol. The minimum atomic E-state index is -0.382. The molecular formula is C49H110N2O13. The number of rotatable bonds is 36. The van der Waals surface area contributed by atoms with Gasteiger partial charge in [-0.05, 0) is 99.3 Å². The van der Waals surface area contributed by atoms with Gasteiger partial charge in [-0.1, -0.05) is 81.1 Å². The summed E-state index contributed by atoms with van der Waals surface area (Å²) in [5.74, 6) is 0.935. The summed E-state index contributed by atoms with van der Waals surface area (Å²) in [6.45, 7) is 44.4. The van der Waals surface area contributed by atoms with E-state index in [1.807, 2.05) is 55.4 Å². The zero-order chi connectivity index (χ0) is 49.8. The Morgan fingerprint density at radius 1 is 0.344 bits per heavy atom. The van der Waals surface area contributed by atoms with Crippen molar-refractivity contribution in [1.29, 1.82) is 0 Å². The number of amides is 2. The molecule has 0 aliphatic heterocycles. The van der Waals surface area contributed by atoms with Gasteiger partial charge in [0.25, 0.3) is 0 Å². The molecule has 0 saturated carbocycles. The third-order valence-corrected chi connectivity index (χ3v) is 7.43. The van der Waals surface area contributed by atoms with Crippen LogP contribution in [0.1, 0.15) is 174 Å². The summed E-state index contributed by atoms with van der Waals surface area (Å²) in [4.78, 5) is 21.1. The van der Waals surface area contributed by atoms with Crippen molar-refractivity contribution in [1.82, 2.24) is 10.6 Å². The van der Waals surface area contributed by atoms with Gasteiger partial charge in [-0.2, -0.15) is 0 Å². The molecule has 0 heterocycles. The second kappa shape index (κ2) is 84.6. The Morgan fingerprint density at radius 3 is 1.06 bits per heavy atom. The molecule has 394 valence electrons.